The summed E-state index contributed by atoms with van der Waals surface area (Å²) in [6.45, 7) is 0. The number of hydrogen-bond donors (Lipinski definition) is 0. The van der Waals surface area contributed by atoms with Crippen molar-refractivity contribution in [1.29, 1.82) is 5.26 Å². The minimum absolute atomic E-state index is 0.0211. The molecule has 3 nitrogen and oxygen atoms in total. The second kappa shape index (κ2) is 4.99. The van der Waals surface area contributed by atoms with Crippen LogP contribution in [0.1, 0.15) is 5.56 Å². The zero-order chi connectivity index (χ0) is 11.4. The van der Waals surface area contributed by atoms with Gasteiger partial charge < -0.3 is 9.47 Å². The van der Waals surface area contributed by atoms with E-state index in [1.165, 1.54) is 20.3 Å². The van der Waals surface area contributed by atoms with Crippen LogP contribution in [-0.4, -0.2) is 14.2 Å². The Bertz CT molecular complexity index is 415. The van der Waals surface area contributed by atoms with Crippen molar-refractivity contribution in [1.82, 2.24) is 0 Å². The zero-order valence-electron chi connectivity index (χ0n) is 8.30. The molecule has 0 spiro atoms. The lowest BCUT2D eigenvalue weighted by Crippen LogP contribution is -1.98. The summed E-state index contributed by atoms with van der Waals surface area (Å²) in [5, 5.41) is 8.55. The van der Waals surface area contributed by atoms with Crippen LogP contribution in [0.3, 0.4) is 0 Å². The first kappa shape index (κ1) is 11.8. The van der Waals surface area contributed by atoms with Crippen LogP contribution in [0.15, 0.2) is 10.5 Å². The van der Waals surface area contributed by atoms with Crippen LogP contribution in [0, 0.1) is 17.1 Å². The molecule has 0 unspecified atom stereocenters. The summed E-state index contributed by atoms with van der Waals surface area (Å²) < 4.78 is 23.9. The highest BCUT2D eigenvalue weighted by molar-refractivity contribution is 9.10. The monoisotopic (exact) mass is 273 g/mol. The molecular weight excluding hydrogens is 265 g/mol. The molecule has 0 radical (unpaired) electrons. The van der Waals surface area contributed by atoms with Crippen molar-refractivity contribution in [3.05, 3.63) is 21.9 Å². The number of halogens is 2. The third kappa shape index (κ3) is 2.21. The normalized spacial score (nSPS) is 9.53. The summed E-state index contributed by atoms with van der Waals surface area (Å²) in [4.78, 5) is 0. The Hall–Kier alpha value is -1.28. The molecule has 1 rings (SSSR count). The van der Waals surface area contributed by atoms with Crippen molar-refractivity contribution in [3.63, 3.8) is 0 Å². The van der Waals surface area contributed by atoms with Gasteiger partial charge in [-0.25, -0.2) is 4.39 Å². The summed E-state index contributed by atoms with van der Waals surface area (Å²) in [7, 11) is 2.88. The van der Waals surface area contributed by atoms with E-state index in [-0.39, 0.29) is 12.0 Å². The van der Waals surface area contributed by atoms with Crippen LogP contribution >= 0.6 is 15.9 Å². The highest BCUT2D eigenvalue weighted by Gasteiger charge is 2.17. The summed E-state index contributed by atoms with van der Waals surface area (Å²) >= 11 is 3.19. The maximum atomic E-state index is 13.5. The largest absolute Gasteiger partial charge is 0.493 e. The number of rotatable bonds is 3. The molecule has 0 saturated carbocycles. The molecule has 0 aliphatic carbocycles. The first-order chi connectivity index (χ1) is 7.15. The van der Waals surface area contributed by atoms with Gasteiger partial charge in [0.25, 0.3) is 0 Å². The second-order valence-electron chi connectivity index (χ2n) is 2.72. The van der Waals surface area contributed by atoms with E-state index in [9.17, 15) is 4.39 Å². The molecule has 0 N–H and O–H groups in total. The van der Waals surface area contributed by atoms with Crippen LogP contribution in [0.4, 0.5) is 4.39 Å². The molecule has 1 aromatic carbocycles. The van der Waals surface area contributed by atoms with E-state index in [4.69, 9.17) is 14.7 Å². The third-order valence-electron chi connectivity index (χ3n) is 1.91. The van der Waals surface area contributed by atoms with E-state index >= 15 is 0 Å². The number of ether oxygens (including phenoxy) is 2. The third-order valence-corrected chi connectivity index (χ3v) is 2.75. The maximum absolute atomic E-state index is 13.5. The molecule has 0 saturated heterocycles. The quantitative estimate of drug-likeness (QED) is 0.851. The Morgan fingerprint density at radius 2 is 2.13 bits per heavy atom. The topological polar surface area (TPSA) is 42.2 Å². The lowest BCUT2D eigenvalue weighted by atomic mass is 10.1. The molecule has 0 atom stereocenters. The number of benzene rings is 1. The average molecular weight is 274 g/mol. The summed E-state index contributed by atoms with van der Waals surface area (Å²) in [5.74, 6) is 0.203. The van der Waals surface area contributed by atoms with Crippen molar-refractivity contribution < 1.29 is 13.9 Å². The first-order valence-electron chi connectivity index (χ1n) is 4.11. The molecule has 5 heteroatoms. The van der Waals surface area contributed by atoms with E-state index in [2.05, 4.69) is 15.9 Å². The number of hydrogen-bond acceptors (Lipinski definition) is 3. The van der Waals surface area contributed by atoms with Crippen molar-refractivity contribution in [2.45, 2.75) is 6.42 Å². The molecule has 0 heterocycles. The Labute approximate surface area is 95.5 Å². The number of nitrogens with zero attached hydrogens (tertiary/aromatic N) is 1. The van der Waals surface area contributed by atoms with Gasteiger partial charge >= 0.3 is 0 Å². The van der Waals surface area contributed by atoms with Crippen LogP contribution in [0.25, 0.3) is 0 Å². The zero-order valence-corrected chi connectivity index (χ0v) is 9.89. The van der Waals surface area contributed by atoms with Crippen molar-refractivity contribution in [2.24, 2.45) is 0 Å². The van der Waals surface area contributed by atoms with Gasteiger partial charge in [-0.15, -0.1) is 0 Å². The average Bonchev–Trinajstić information content (AvgIpc) is 2.23. The first-order valence-corrected chi connectivity index (χ1v) is 4.90. The molecule has 0 aliphatic rings. The molecule has 1 aromatic rings. The molecule has 0 fully saturated rings. The van der Waals surface area contributed by atoms with Gasteiger partial charge in [0, 0.05) is 11.6 Å². The minimum atomic E-state index is -0.485. The highest BCUT2D eigenvalue weighted by Crippen LogP contribution is 2.39. The van der Waals surface area contributed by atoms with Gasteiger partial charge in [0.2, 0.25) is 0 Å². The van der Waals surface area contributed by atoms with Crippen LogP contribution < -0.4 is 9.47 Å². The second-order valence-corrected chi connectivity index (χ2v) is 3.51. The molecule has 80 valence electrons. The standard InChI is InChI=1S/C10H9BrFNO2/c1-14-8-5-7(12)6(3-4-13)9(11)10(8)15-2/h5H,3H2,1-2H3. The van der Waals surface area contributed by atoms with Crippen LogP contribution in [-0.2, 0) is 6.42 Å². The predicted octanol–water partition coefficient (Wildman–Crippen LogP) is 2.67. The van der Waals surface area contributed by atoms with Gasteiger partial charge in [-0.3, -0.25) is 0 Å². The SMILES string of the molecule is COc1cc(F)c(CC#N)c(Br)c1OC. The van der Waals surface area contributed by atoms with Gasteiger partial charge in [0.1, 0.15) is 5.82 Å². The lowest BCUT2D eigenvalue weighted by Gasteiger charge is -2.12. The van der Waals surface area contributed by atoms with Gasteiger partial charge in [-0.2, -0.15) is 5.26 Å². The van der Waals surface area contributed by atoms with E-state index in [0.717, 1.165) is 0 Å². The van der Waals surface area contributed by atoms with E-state index in [1.54, 1.807) is 0 Å². The van der Waals surface area contributed by atoms with Crippen molar-refractivity contribution in [3.8, 4) is 17.6 Å². The fourth-order valence-corrected chi connectivity index (χ4v) is 1.89. The van der Waals surface area contributed by atoms with E-state index in [0.29, 0.717) is 16.0 Å². The molecule has 0 amide bonds. The highest BCUT2D eigenvalue weighted by atomic mass is 79.9. The Morgan fingerprint density at radius 1 is 1.47 bits per heavy atom. The lowest BCUT2D eigenvalue weighted by molar-refractivity contribution is 0.349. The predicted molar refractivity (Wildman–Crippen MR) is 56.5 cm³/mol. The molecule has 15 heavy (non-hydrogen) atoms. The van der Waals surface area contributed by atoms with Crippen LogP contribution in [0.2, 0.25) is 0 Å². The summed E-state index contributed by atoms with van der Waals surface area (Å²) in [6.07, 6.45) is -0.0211. The number of methoxy groups -OCH3 is 2. The fourth-order valence-electron chi connectivity index (χ4n) is 1.20. The smallest absolute Gasteiger partial charge is 0.175 e. The summed E-state index contributed by atoms with van der Waals surface area (Å²) in [5.41, 5.74) is 0.273. The molecule has 0 aliphatic heterocycles. The van der Waals surface area contributed by atoms with Crippen molar-refractivity contribution in [2.75, 3.05) is 14.2 Å². The molecular formula is C10H9BrFNO2. The van der Waals surface area contributed by atoms with Crippen molar-refractivity contribution >= 4 is 15.9 Å². The van der Waals surface area contributed by atoms with Gasteiger partial charge in [0.05, 0.1) is 31.2 Å². The number of nitriles is 1. The van der Waals surface area contributed by atoms with Crippen LogP contribution in [0.5, 0.6) is 11.5 Å². The Balaban J connectivity index is 3.39. The Morgan fingerprint density at radius 3 is 2.60 bits per heavy atom. The van der Waals surface area contributed by atoms with E-state index < -0.39 is 5.82 Å². The Kier molecular flexibility index (Phi) is 3.92. The summed E-state index contributed by atoms with van der Waals surface area (Å²) in [6, 6.07) is 3.09. The van der Waals surface area contributed by atoms with Gasteiger partial charge in [-0.1, -0.05) is 0 Å². The minimum Gasteiger partial charge on any atom is -0.493 e. The van der Waals surface area contributed by atoms with E-state index in [1.807, 2.05) is 6.07 Å². The fraction of sp³-hybridized carbons (Fsp3) is 0.300. The maximum Gasteiger partial charge on any atom is 0.175 e. The van der Waals surface area contributed by atoms with Gasteiger partial charge in [0.15, 0.2) is 11.5 Å². The van der Waals surface area contributed by atoms with Gasteiger partial charge in [-0.05, 0) is 15.9 Å². The molecule has 0 aromatic heterocycles. The molecule has 0 bridgehead atoms.